The van der Waals surface area contributed by atoms with Crippen molar-refractivity contribution in [2.75, 3.05) is 13.2 Å². The summed E-state index contributed by atoms with van der Waals surface area (Å²) in [6, 6.07) is 8.06. The van der Waals surface area contributed by atoms with E-state index >= 15 is 0 Å². The lowest BCUT2D eigenvalue weighted by molar-refractivity contribution is -0.120. The summed E-state index contributed by atoms with van der Waals surface area (Å²) in [7, 11) is 0. The van der Waals surface area contributed by atoms with Crippen LogP contribution < -0.4 is 10.1 Å². The number of rotatable bonds is 6. The molecule has 0 spiro atoms. The highest BCUT2D eigenvalue weighted by atomic mass is 79.9. The first-order valence-electron chi connectivity index (χ1n) is 6.15. The summed E-state index contributed by atoms with van der Waals surface area (Å²) >= 11 is 3.21. The molecule has 18 heavy (non-hydrogen) atoms. The topological polar surface area (TPSA) is 38.3 Å². The fourth-order valence-corrected chi connectivity index (χ4v) is 1.59. The Morgan fingerprint density at radius 1 is 1.28 bits per heavy atom. The molecule has 1 aromatic rings. The molecule has 0 aromatic heterocycles. The Hall–Kier alpha value is -1.03. The molecule has 100 valence electrons. The summed E-state index contributed by atoms with van der Waals surface area (Å²) in [4.78, 5) is 11.1. The fraction of sp³-hybridized carbons (Fsp3) is 0.500. The minimum atomic E-state index is -0.164. The normalized spacial score (nSPS) is 12.3. The van der Waals surface area contributed by atoms with Crippen LogP contribution in [0.15, 0.2) is 24.3 Å². The van der Waals surface area contributed by atoms with Gasteiger partial charge in [-0.15, -0.1) is 0 Å². The van der Waals surface area contributed by atoms with Crippen molar-refractivity contribution in [2.45, 2.75) is 31.5 Å². The Kier molecular flexibility index (Phi) is 6.19. The van der Waals surface area contributed by atoms with Gasteiger partial charge in [-0.1, -0.05) is 41.9 Å². The van der Waals surface area contributed by atoms with E-state index in [1.165, 1.54) is 5.56 Å². The molecule has 0 radical (unpaired) electrons. The van der Waals surface area contributed by atoms with Gasteiger partial charge in [-0.05, 0) is 30.5 Å². The van der Waals surface area contributed by atoms with Crippen molar-refractivity contribution in [2.24, 2.45) is 0 Å². The quantitative estimate of drug-likeness (QED) is 0.647. The van der Waals surface area contributed by atoms with Gasteiger partial charge in [0.1, 0.15) is 12.4 Å². The number of hydrogen-bond acceptors (Lipinski definition) is 2. The zero-order valence-corrected chi connectivity index (χ0v) is 12.7. The Balaban J connectivity index is 2.29. The van der Waals surface area contributed by atoms with Gasteiger partial charge in [0.2, 0.25) is 5.91 Å². The predicted octanol–water partition coefficient (Wildman–Crippen LogP) is 3.09. The number of nitrogens with one attached hydrogen (secondary N) is 1. The lowest BCUT2D eigenvalue weighted by Crippen LogP contribution is -2.32. The molecule has 1 atom stereocenters. The molecule has 1 N–H and O–H groups in total. The lowest BCUT2D eigenvalue weighted by atomic mass is 10.0. The van der Waals surface area contributed by atoms with Gasteiger partial charge in [0, 0.05) is 0 Å². The molecule has 0 saturated carbocycles. The van der Waals surface area contributed by atoms with Crippen molar-refractivity contribution in [3.05, 3.63) is 29.8 Å². The van der Waals surface area contributed by atoms with Gasteiger partial charge < -0.3 is 10.1 Å². The van der Waals surface area contributed by atoms with Gasteiger partial charge in [0.25, 0.3) is 0 Å². The minimum Gasteiger partial charge on any atom is -0.492 e. The third-order valence-corrected chi connectivity index (χ3v) is 2.99. The summed E-state index contributed by atoms with van der Waals surface area (Å²) in [5.74, 6) is 1.34. The van der Waals surface area contributed by atoms with Crippen molar-refractivity contribution in [1.29, 1.82) is 0 Å². The summed E-state index contributed by atoms with van der Waals surface area (Å²) in [6.45, 7) is 7.10. The van der Waals surface area contributed by atoms with Crippen LogP contribution in [0.3, 0.4) is 0 Å². The highest BCUT2D eigenvalue weighted by Gasteiger charge is 2.06. The average molecular weight is 314 g/mol. The first kappa shape index (κ1) is 15.0. The molecule has 3 nitrogen and oxygen atoms in total. The van der Waals surface area contributed by atoms with Gasteiger partial charge in [-0.2, -0.15) is 0 Å². The highest BCUT2D eigenvalue weighted by molar-refractivity contribution is 9.10. The van der Waals surface area contributed by atoms with Crippen LogP contribution in [0, 0.1) is 0 Å². The molecule has 0 bridgehead atoms. The average Bonchev–Trinajstić information content (AvgIpc) is 2.34. The Morgan fingerprint density at radius 2 is 1.89 bits per heavy atom. The molecule has 1 aromatic carbocycles. The summed E-state index contributed by atoms with van der Waals surface area (Å²) in [6.07, 6.45) is 0. The maximum atomic E-state index is 11.3. The number of hydrogen-bond donors (Lipinski definition) is 1. The third kappa shape index (κ3) is 5.08. The zero-order valence-electron chi connectivity index (χ0n) is 11.1. The van der Waals surface area contributed by atoms with Crippen molar-refractivity contribution >= 4 is 21.8 Å². The molecular formula is C14H20BrNO2. The molecule has 0 fully saturated rings. The van der Waals surface area contributed by atoms with Gasteiger partial charge in [0.05, 0.1) is 11.4 Å². The summed E-state index contributed by atoms with van der Waals surface area (Å²) in [5.41, 5.74) is 1.30. The van der Waals surface area contributed by atoms with Crippen LogP contribution in [0.1, 0.15) is 32.3 Å². The zero-order chi connectivity index (χ0) is 13.5. The van der Waals surface area contributed by atoms with E-state index in [1.807, 2.05) is 12.1 Å². The Morgan fingerprint density at radius 3 is 2.39 bits per heavy atom. The van der Waals surface area contributed by atoms with Crippen molar-refractivity contribution in [3.8, 4) is 5.75 Å². The molecule has 0 aliphatic rings. The standard InChI is InChI=1S/C14H20BrNO2/c1-10(2)12-4-6-13(7-5-12)18-9-8-16-14(17)11(3)15/h4-7,10-11H,8-9H2,1-3H3,(H,16,17). The first-order chi connectivity index (χ1) is 8.50. The van der Waals surface area contributed by atoms with E-state index in [1.54, 1.807) is 6.92 Å². The minimum absolute atomic E-state index is 0.0197. The van der Waals surface area contributed by atoms with E-state index < -0.39 is 0 Å². The largest absolute Gasteiger partial charge is 0.492 e. The second-order valence-corrected chi connectivity index (χ2v) is 5.85. The van der Waals surface area contributed by atoms with Crippen LogP contribution in [0.2, 0.25) is 0 Å². The Bertz CT molecular complexity index is 374. The summed E-state index contributed by atoms with van der Waals surface area (Å²) < 4.78 is 5.54. The maximum Gasteiger partial charge on any atom is 0.233 e. The number of halogens is 1. The SMILES string of the molecule is CC(Br)C(=O)NCCOc1ccc(C(C)C)cc1. The third-order valence-electron chi connectivity index (χ3n) is 2.58. The van der Waals surface area contributed by atoms with Crippen LogP contribution in [-0.4, -0.2) is 23.9 Å². The number of carbonyl (C=O) groups excluding carboxylic acids is 1. The molecule has 0 aliphatic heterocycles. The second-order valence-electron chi connectivity index (χ2n) is 4.48. The van der Waals surface area contributed by atoms with E-state index in [0.717, 1.165) is 5.75 Å². The molecule has 0 heterocycles. The highest BCUT2D eigenvalue weighted by Crippen LogP contribution is 2.18. The molecule has 0 saturated heterocycles. The lowest BCUT2D eigenvalue weighted by Gasteiger charge is -2.10. The first-order valence-corrected chi connectivity index (χ1v) is 7.07. The molecule has 4 heteroatoms. The Labute approximate surface area is 117 Å². The second kappa shape index (κ2) is 7.41. The van der Waals surface area contributed by atoms with E-state index in [2.05, 4.69) is 47.2 Å². The van der Waals surface area contributed by atoms with Crippen molar-refractivity contribution in [3.63, 3.8) is 0 Å². The van der Waals surface area contributed by atoms with Crippen LogP contribution >= 0.6 is 15.9 Å². The molecule has 0 aliphatic carbocycles. The van der Waals surface area contributed by atoms with Crippen LogP contribution in [0.4, 0.5) is 0 Å². The van der Waals surface area contributed by atoms with Crippen molar-refractivity contribution < 1.29 is 9.53 Å². The van der Waals surface area contributed by atoms with E-state index in [-0.39, 0.29) is 10.7 Å². The van der Waals surface area contributed by atoms with E-state index in [4.69, 9.17) is 4.74 Å². The molecular weight excluding hydrogens is 294 g/mol. The number of amides is 1. The molecule has 1 rings (SSSR count). The smallest absolute Gasteiger partial charge is 0.233 e. The monoisotopic (exact) mass is 313 g/mol. The molecule has 1 amide bonds. The van der Waals surface area contributed by atoms with Gasteiger partial charge in [-0.3, -0.25) is 4.79 Å². The van der Waals surface area contributed by atoms with Crippen LogP contribution in [0.25, 0.3) is 0 Å². The molecule has 1 unspecified atom stereocenters. The maximum absolute atomic E-state index is 11.3. The van der Waals surface area contributed by atoms with E-state index in [0.29, 0.717) is 19.1 Å². The fourth-order valence-electron chi connectivity index (χ4n) is 1.43. The number of benzene rings is 1. The predicted molar refractivity (Wildman–Crippen MR) is 77.4 cm³/mol. The van der Waals surface area contributed by atoms with Gasteiger partial charge >= 0.3 is 0 Å². The van der Waals surface area contributed by atoms with Gasteiger partial charge in [0.15, 0.2) is 0 Å². The summed E-state index contributed by atoms with van der Waals surface area (Å²) in [5, 5.41) is 2.77. The number of carbonyl (C=O) groups is 1. The van der Waals surface area contributed by atoms with Crippen LogP contribution in [0.5, 0.6) is 5.75 Å². The van der Waals surface area contributed by atoms with Crippen molar-refractivity contribution in [1.82, 2.24) is 5.32 Å². The van der Waals surface area contributed by atoms with E-state index in [9.17, 15) is 4.79 Å². The number of alkyl halides is 1. The number of ether oxygens (including phenoxy) is 1. The van der Waals surface area contributed by atoms with Gasteiger partial charge in [-0.25, -0.2) is 0 Å². The van der Waals surface area contributed by atoms with Crippen LogP contribution in [-0.2, 0) is 4.79 Å².